The highest BCUT2D eigenvalue weighted by molar-refractivity contribution is 5.71. The molecule has 13 heavy (non-hydrogen) atoms. The molecular weight excluding hydrogens is 170 g/mol. The summed E-state index contributed by atoms with van der Waals surface area (Å²) in [6.07, 6.45) is 4.78. The number of aliphatic carboxylic acids is 1. The predicted molar refractivity (Wildman–Crippen MR) is 45.4 cm³/mol. The first-order valence-corrected chi connectivity index (χ1v) is 3.57. The van der Waals surface area contributed by atoms with Gasteiger partial charge in [-0.1, -0.05) is 12.6 Å². The lowest BCUT2D eigenvalue weighted by Gasteiger charge is -2.00. The molecule has 0 amide bonds. The van der Waals surface area contributed by atoms with Gasteiger partial charge in [-0.25, -0.2) is 4.79 Å². The van der Waals surface area contributed by atoms with E-state index in [2.05, 4.69) is 6.58 Å². The van der Waals surface area contributed by atoms with Crippen LogP contribution in [0.2, 0.25) is 0 Å². The first-order chi connectivity index (χ1) is 5.75. The van der Waals surface area contributed by atoms with Crippen LogP contribution in [0.4, 0.5) is 0 Å². The molecule has 0 saturated carbocycles. The van der Waals surface area contributed by atoms with Crippen molar-refractivity contribution in [2.75, 3.05) is 0 Å². The molecule has 0 aliphatic carbocycles. The first kappa shape index (κ1) is 11.3. The van der Waals surface area contributed by atoms with E-state index in [9.17, 15) is 4.79 Å². The summed E-state index contributed by atoms with van der Waals surface area (Å²) >= 11 is 0. The Kier molecular flexibility index (Phi) is 4.40. The monoisotopic (exact) mass is 181 g/mol. The fourth-order valence-corrected chi connectivity index (χ4v) is 0.947. The van der Waals surface area contributed by atoms with Crippen molar-refractivity contribution in [3.05, 3.63) is 43.2 Å². The minimum Gasteiger partial charge on any atom is -0.870 e. The van der Waals surface area contributed by atoms with Gasteiger partial charge in [-0.15, -0.1) is 0 Å². The molecule has 0 radical (unpaired) electrons. The summed E-state index contributed by atoms with van der Waals surface area (Å²) in [6, 6.07) is 4.71. The topological polar surface area (TPSA) is 71.2 Å². The summed E-state index contributed by atoms with van der Waals surface area (Å²) in [4.78, 5) is 10.6. The van der Waals surface area contributed by atoms with Crippen LogP contribution < -0.4 is 4.57 Å². The zero-order valence-corrected chi connectivity index (χ0v) is 7.00. The van der Waals surface area contributed by atoms with Gasteiger partial charge in [0.15, 0.2) is 12.4 Å². The van der Waals surface area contributed by atoms with E-state index in [0.717, 1.165) is 0 Å². The fraction of sp³-hybridized carbons (Fsp3) is 0.111. The number of hydrogen-bond acceptors (Lipinski definition) is 2. The maximum Gasteiger partial charge on any atom is 0.377 e. The smallest absolute Gasteiger partial charge is 0.377 e. The first-order valence-electron chi connectivity index (χ1n) is 3.57. The highest BCUT2D eigenvalue weighted by Crippen LogP contribution is 1.96. The standard InChI is InChI=1S/C9H9NO2.H2O/c1-2-8(9(11)12)10-6-4-3-5-7-10;/h2-8H,1H2;1H2. The zero-order valence-electron chi connectivity index (χ0n) is 7.00. The second kappa shape index (κ2) is 5.05. The number of carbonyl (C=O) groups is 1. The molecule has 0 aromatic carbocycles. The Hall–Kier alpha value is -1.68. The van der Waals surface area contributed by atoms with E-state index in [0.29, 0.717) is 0 Å². The van der Waals surface area contributed by atoms with Crippen LogP contribution in [0.15, 0.2) is 43.2 Å². The normalized spacial score (nSPS) is 11.1. The molecule has 70 valence electrons. The van der Waals surface area contributed by atoms with Gasteiger partial charge in [-0.2, -0.15) is 4.57 Å². The molecule has 0 aliphatic heterocycles. The number of rotatable bonds is 3. The van der Waals surface area contributed by atoms with E-state index in [-0.39, 0.29) is 5.48 Å². The Morgan fingerprint density at radius 3 is 2.31 bits per heavy atom. The summed E-state index contributed by atoms with van der Waals surface area (Å²) < 4.78 is 1.58. The van der Waals surface area contributed by atoms with Crippen molar-refractivity contribution >= 4 is 5.97 Å². The molecule has 0 bridgehead atoms. The molecule has 1 aromatic rings. The Balaban J connectivity index is 0.00000144. The van der Waals surface area contributed by atoms with Crippen molar-refractivity contribution in [3.63, 3.8) is 0 Å². The van der Waals surface area contributed by atoms with Crippen LogP contribution in [-0.4, -0.2) is 16.6 Å². The summed E-state index contributed by atoms with van der Waals surface area (Å²) in [5, 5.41) is 8.73. The molecule has 0 saturated heterocycles. The lowest BCUT2D eigenvalue weighted by atomic mass is 10.3. The van der Waals surface area contributed by atoms with Crippen LogP contribution in [0, 0.1) is 0 Å². The van der Waals surface area contributed by atoms with Gasteiger partial charge in [0.1, 0.15) is 0 Å². The van der Waals surface area contributed by atoms with E-state index in [1.54, 1.807) is 29.1 Å². The van der Waals surface area contributed by atoms with E-state index in [4.69, 9.17) is 5.11 Å². The molecule has 0 spiro atoms. The van der Waals surface area contributed by atoms with Gasteiger partial charge in [0.05, 0.1) is 0 Å². The summed E-state index contributed by atoms with van der Waals surface area (Å²) in [6.45, 7) is 3.46. The quantitative estimate of drug-likeness (QED) is 0.548. The van der Waals surface area contributed by atoms with E-state index < -0.39 is 12.0 Å². The number of pyridine rings is 1. The van der Waals surface area contributed by atoms with Crippen LogP contribution >= 0.6 is 0 Å². The van der Waals surface area contributed by atoms with Crippen molar-refractivity contribution in [2.24, 2.45) is 0 Å². The van der Waals surface area contributed by atoms with Crippen molar-refractivity contribution < 1.29 is 19.9 Å². The number of carboxylic acids is 1. The van der Waals surface area contributed by atoms with Crippen molar-refractivity contribution in [3.8, 4) is 0 Å². The highest BCUT2D eigenvalue weighted by atomic mass is 16.4. The van der Waals surface area contributed by atoms with Crippen LogP contribution in [0.25, 0.3) is 0 Å². The van der Waals surface area contributed by atoms with Crippen LogP contribution in [0.1, 0.15) is 6.04 Å². The van der Waals surface area contributed by atoms with Gasteiger partial charge in [0.2, 0.25) is 0 Å². The zero-order chi connectivity index (χ0) is 8.97. The van der Waals surface area contributed by atoms with Gasteiger partial charge >= 0.3 is 5.97 Å². The molecule has 2 N–H and O–H groups in total. The third-order valence-corrected chi connectivity index (χ3v) is 1.54. The van der Waals surface area contributed by atoms with Crippen LogP contribution in [0.3, 0.4) is 0 Å². The Morgan fingerprint density at radius 1 is 1.38 bits per heavy atom. The van der Waals surface area contributed by atoms with Crippen molar-refractivity contribution in [2.45, 2.75) is 6.04 Å². The third kappa shape index (κ3) is 2.68. The van der Waals surface area contributed by atoms with Gasteiger partial charge in [0, 0.05) is 12.1 Å². The largest absolute Gasteiger partial charge is 0.870 e. The summed E-state index contributed by atoms with van der Waals surface area (Å²) in [7, 11) is 0. The maximum atomic E-state index is 10.6. The molecule has 1 aromatic heterocycles. The number of nitrogens with zero attached hydrogens (tertiary/aromatic N) is 1. The third-order valence-electron chi connectivity index (χ3n) is 1.54. The van der Waals surface area contributed by atoms with Crippen molar-refractivity contribution in [1.29, 1.82) is 0 Å². The molecule has 4 heteroatoms. The number of carboxylic acid groups (broad SMARTS) is 1. The SMILES string of the molecule is C=CC(C(=O)O)[n+]1ccccc1.[OH-]. The predicted octanol–water partition coefficient (Wildman–Crippen LogP) is 0.609. The Labute approximate surface area is 76.1 Å². The Bertz CT molecular complexity index is 284. The average Bonchev–Trinajstić information content (AvgIpc) is 2.07. The second-order valence-corrected chi connectivity index (χ2v) is 2.34. The van der Waals surface area contributed by atoms with E-state index in [1.165, 1.54) is 6.08 Å². The van der Waals surface area contributed by atoms with Gasteiger partial charge in [-0.3, -0.25) is 0 Å². The van der Waals surface area contributed by atoms with Gasteiger partial charge in [-0.05, 0) is 6.08 Å². The summed E-state index contributed by atoms with van der Waals surface area (Å²) in [5.74, 6) is -0.902. The van der Waals surface area contributed by atoms with Crippen LogP contribution in [0.5, 0.6) is 0 Å². The molecule has 1 atom stereocenters. The maximum absolute atomic E-state index is 10.6. The minimum atomic E-state index is -0.902. The number of hydrogen-bond donors (Lipinski definition) is 1. The minimum absolute atomic E-state index is 0. The molecule has 0 aliphatic rings. The lowest BCUT2D eigenvalue weighted by molar-refractivity contribution is -0.700. The molecular formula is C9H11NO3. The van der Waals surface area contributed by atoms with Crippen LogP contribution in [-0.2, 0) is 4.79 Å². The molecule has 1 heterocycles. The fourth-order valence-electron chi connectivity index (χ4n) is 0.947. The lowest BCUT2D eigenvalue weighted by Crippen LogP contribution is -2.41. The Morgan fingerprint density at radius 2 is 1.92 bits per heavy atom. The van der Waals surface area contributed by atoms with Gasteiger partial charge in [0.25, 0.3) is 6.04 Å². The molecule has 4 nitrogen and oxygen atoms in total. The molecule has 0 fully saturated rings. The number of aromatic nitrogens is 1. The average molecular weight is 181 g/mol. The van der Waals surface area contributed by atoms with Gasteiger partial charge < -0.3 is 10.6 Å². The molecule has 1 unspecified atom stereocenters. The molecule has 1 rings (SSSR count). The van der Waals surface area contributed by atoms with E-state index in [1.807, 2.05) is 6.07 Å². The summed E-state index contributed by atoms with van der Waals surface area (Å²) in [5.41, 5.74) is 0. The van der Waals surface area contributed by atoms with Crippen molar-refractivity contribution in [1.82, 2.24) is 0 Å². The highest BCUT2D eigenvalue weighted by Gasteiger charge is 2.21. The van der Waals surface area contributed by atoms with E-state index >= 15 is 0 Å². The second-order valence-electron chi connectivity index (χ2n) is 2.34.